The molecular weight excluding hydrogens is 373 g/mol. The molecule has 1 aromatic carbocycles. The quantitative estimate of drug-likeness (QED) is 0.661. The fourth-order valence-corrected chi connectivity index (χ4v) is 3.23. The summed E-state index contributed by atoms with van der Waals surface area (Å²) in [6, 6.07) is 9.04. The number of rotatable bonds is 5. The maximum atomic E-state index is 12.9. The van der Waals surface area contributed by atoms with Crippen LogP contribution in [0.3, 0.4) is 0 Å². The van der Waals surface area contributed by atoms with Gasteiger partial charge < -0.3 is 8.94 Å². The Bertz CT molecular complexity index is 900. The van der Waals surface area contributed by atoms with Crippen molar-refractivity contribution in [1.82, 2.24) is 19.9 Å². The van der Waals surface area contributed by atoms with Gasteiger partial charge in [-0.3, -0.25) is 9.80 Å². The van der Waals surface area contributed by atoms with Crippen molar-refractivity contribution in [2.45, 2.75) is 19.3 Å². The molecule has 28 heavy (non-hydrogen) atoms. The summed E-state index contributed by atoms with van der Waals surface area (Å²) in [7, 11) is 0. The highest BCUT2D eigenvalue weighted by Crippen LogP contribution is 2.29. The number of benzene rings is 1. The van der Waals surface area contributed by atoms with Crippen molar-refractivity contribution in [2.75, 3.05) is 26.2 Å². The lowest BCUT2D eigenvalue weighted by atomic mass is 10.1. The Morgan fingerprint density at radius 1 is 0.964 bits per heavy atom. The molecule has 3 aromatic rings. The molecule has 0 radical (unpaired) electrons. The number of hydrogen-bond acceptors (Lipinski definition) is 6. The maximum absolute atomic E-state index is 12.9. The van der Waals surface area contributed by atoms with Gasteiger partial charge in [0.2, 0.25) is 11.7 Å². The van der Waals surface area contributed by atoms with Crippen LogP contribution in [0.15, 0.2) is 51.6 Å². The van der Waals surface area contributed by atoms with Crippen LogP contribution in [-0.4, -0.2) is 46.1 Å². The molecule has 9 heteroatoms. The van der Waals surface area contributed by atoms with Gasteiger partial charge in [0, 0.05) is 32.7 Å². The first kappa shape index (κ1) is 18.7. The van der Waals surface area contributed by atoms with E-state index < -0.39 is 11.7 Å². The van der Waals surface area contributed by atoms with E-state index in [1.807, 2.05) is 0 Å². The Morgan fingerprint density at radius 3 is 2.39 bits per heavy atom. The van der Waals surface area contributed by atoms with Crippen molar-refractivity contribution in [3.8, 4) is 11.6 Å². The first-order valence-electron chi connectivity index (χ1n) is 8.95. The first-order valence-corrected chi connectivity index (χ1v) is 8.95. The van der Waals surface area contributed by atoms with E-state index in [1.54, 1.807) is 24.5 Å². The molecule has 0 aliphatic carbocycles. The van der Waals surface area contributed by atoms with Gasteiger partial charge in [0.05, 0.1) is 18.4 Å². The molecule has 0 bridgehead atoms. The van der Waals surface area contributed by atoms with Crippen LogP contribution in [0.5, 0.6) is 0 Å². The zero-order chi connectivity index (χ0) is 19.6. The van der Waals surface area contributed by atoms with Crippen LogP contribution in [0.2, 0.25) is 0 Å². The van der Waals surface area contributed by atoms with E-state index in [0.29, 0.717) is 36.1 Å². The summed E-state index contributed by atoms with van der Waals surface area (Å²) in [5, 5.41) is 3.91. The molecule has 1 fully saturated rings. The van der Waals surface area contributed by atoms with Gasteiger partial charge in [-0.15, -0.1) is 0 Å². The second kappa shape index (κ2) is 7.76. The van der Waals surface area contributed by atoms with Crippen molar-refractivity contribution in [3.63, 3.8) is 0 Å². The van der Waals surface area contributed by atoms with Crippen LogP contribution >= 0.6 is 0 Å². The van der Waals surface area contributed by atoms with Crippen LogP contribution < -0.4 is 0 Å². The van der Waals surface area contributed by atoms with Crippen LogP contribution in [0.1, 0.15) is 17.0 Å². The van der Waals surface area contributed by atoms with Crippen LogP contribution in [-0.2, 0) is 19.3 Å². The highest BCUT2D eigenvalue weighted by molar-refractivity contribution is 5.44. The molecule has 0 saturated carbocycles. The van der Waals surface area contributed by atoms with Gasteiger partial charge in [0.1, 0.15) is 0 Å². The summed E-state index contributed by atoms with van der Waals surface area (Å²) >= 11 is 0. The van der Waals surface area contributed by atoms with Crippen molar-refractivity contribution in [2.24, 2.45) is 0 Å². The minimum Gasteiger partial charge on any atom is -0.461 e. The van der Waals surface area contributed by atoms with E-state index >= 15 is 0 Å². The number of alkyl halides is 3. The molecular formula is C19H19F3N4O2. The normalized spacial score (nSPS) is 16.5. The average Bonchev–Trinajstić information content (AvgIpc) is 3.35. The standard InChI is InChI=1S/C19H19F3N4O2/c20-19(21,22)15-4-1-3-14(11-15)12-25-6-8-26(9-7-25)13-17-23-18(24-28-17)16-5-2-10-27-16/h1-5,10-11H,6-9,12-13H2. The minimum atomic E-state index is -4.31. The van der Waals surface area contributed by atoms with Crippen molar-refractivity contribution in [1.29, 1.82) is 0 Å². The Labute approximate surface area is 159 Å². The third-order valence-corrected chi connectivity index (χ3v) is 4.69. The Morgan fingerprint density at radius 2 is 1.71 bits per heavy atom. The molecule has 0 atom stereocenters. The summed E-state index contributed by atoms with van der Waals surface area (Å²) in [5.41, 5.74) is 0.0654. The van der Waals surface area contributed by atoms with Crippen LogP contribution in [0.4, 0.5) is 13.2 Å². The van der Waals surface area contributed by atoms with E-state index in [1.165, 1.54) is 12.1 Å². The van der Waals surface area contributed by atoms with Crippen LogP contribution in [0, 0.1) is 0 Å². The molecule has 1 aliphatic heterocycles. The Kier molecular flexibility index (Phi) is 5.19. The molecule has 2 aromatic heterocycles. The zero-order valence-corrected chi connectivity index (χ0v) is 15.0. The average molecular weight is 392 g/mol. The van der Waals surface area contributed by atoms with Crippen molar-refractivity contribution < 1.29 is 22.1 Å². The highest BCUT2D eigenvalue weighted by atomic mass is 19.4. The number of piperazine rings is 1. The highest BCUT2D eigenvalue weighted by Gasteiger charge is 2.30. The number of hydrogen-bond donors (Lipinski definition) is 0. The van der Waals surface area contributed by atoms with Gasteiger partial charge in [-0.25, -0.2) is 0 Å². The fraction of sp³-hybridized carbons (Fsp3) is 0.368. The van der Waals surface area contributed by atoms with Crippen LogP contribution in [0.25, 0.3) is 11.6 Å². The largest absolute Gasteiger partial charge is 0.461 e. The van der Waals surface area contributed by atoms with Gasteiger partial charge in [-0.2, -0.15) is 18.2 Å². The lowest BCUT2D eigenvalue weighted by Gasteiger charge is -2.34. The minimum absolute atomic E-state index is 0.420. The smallest absolute Gasteiger partial charge is 0.416 e. The number of furan rings is 1. The predicted molar refractivity (Wildman–Crippen MR) is 94.0 cm³/mol. The van der Waals surface area contributed by atoms with E-state index in [0.717, 1.165) is 32.2 Å². The lowest BCUT2D eigenvalue weighted by Crippen LogP contribution is -2.45. The third kappa shape index (κ3) is 4.42. The Balaban J connectivity index is 1.29. The molecule has 0 N–H and O–H groups in total. The van der Waals surface area contributed by atoms with Crippen molar-refractivity contribution >= 4 is 0 Å². The number of halogens is 3. The zero-order valence-electron chi connectivity index (χ0n) is 15.0. The van der Waals surface area contributed by atoms with E-state index in [-0.39, 0.29) is 0 Å². The molecule has 1 aliphatic rings. The summed E-state index contributed by atoms with van der Waals surface area (Å²) in [4.78, 5) is 8.66. The summed E-state index contributed by atoms with van der Waals surface area (Å²) in [6.07, 6.45) is -2.76. The molecule has 4 rings (SSSR count). The lowest BCUT2D eigenvalue weighted by molar-refractivity contribution is -0.137. The monoisotopic (exact) mass is 392 g/mol. The number of nitrogens with zero attached hydrogens (tertiary/aromatic N) is 4. The fourth-order valence-electron chi connectivity index (χ4n) is 3.23. The second-order valence-electron chi connectivity index (χ2n) is 6.74. The SMILES string of the molecule is FC(F)(F)c1cccc(CN2CCN(Cc3nc(-c4ccco4)no3)CC2)c1. The van der Waals surface area contributed by atoms with E-state index in [2.05, 4.69) is 19.9 Å². The van der Waals surface area contributed by atoms with E-state index in [9.17, 15) is 13.2 Å². The topological polar surface area (TPSA) is 58.5 Å². The van der Waals surface area contributed by atoms with Gasteiger partial charge in [0.15, 0.2) is 5.76 Å². The molecule has 1 saturated heterocycles. The molecule has 0 amide bonds. The third-order valence-electron chi connectivity index (χ3n) is 4.69. The second-order valence-corrected chi connectivity index (χ2v) is 6.74. The van der Waals surface area contributed by atoms with Gasteiger partial charge >= 0.3 is 6.18 Å². The first-order chi connectivity index (χ1) is 13.5. The predicted octanol–water partition coefficient (Wildman–Crippen LogP) is 3.67. The van der Waals surface area contributed by atoms with Crippen molar-refractivity contribution in [3.05, 3.63) is 59.7 Å². The summed E-state index contributed by atoms with van der Waals surface area (Å²) in [6.45, 7) is 4.10. The molecule has 6 nitrogen and oxygen atoms in total. The molecule has 0 spiro atoms. The van der Waals surface area contributed by atoms with Gasteiger partial charge in [0.25, 0.3) is 0 Å². The maximum Gasteiger partial charge on any atom is 0.416 e. The van der Waals surface area contributed by atoms with Gasteiger partial charge in [-0.1, -0.05) is 23.4 Å². The van der Waals surface area contributed by atoms with E-state index in [4.69, 9.17) is 8.94 Å². The molecule has 0 unspecified atom stereocenters. The number of aromatic nitrogens is 2. The van der Waals surface area contributed by atoms with Gasteiger partial charge in [-0.05, 0) is 23.8 Å². The summed E-state index contributed by atoms with van der Waals surface area (Å²) < 4.78 is 49.1. The summed E-state index contributed by atoms with van der Waals surface area (Å²) in [5.74, 6) is 1.49. The molecule has 3 heterocycles. The molecule has 148 valence electrons. The Hall–Kier alpha value is -2.65.